The highest BCUT2D eigenvalue weighted by Crippen LogP contribution is 2.30. The summed E-state index contributed by atoms with van der Waals surface area (Å²) in [4.78, 5) is 70.2. The number of aromatic carboxylic acids is 4. The molecule has 12 aromatic rings. The number of aromatic nitrogens is 4. The number of carbonyl (C=O) groups excluding carboxylic acids is 2. The molecule has 8 aromatic carbocycles. The zero-order valence-electron chi connectivity index (χ0n) is 42.9. The first kappa shape index (κ1) is 54.5. The number of primary amides is 2. The number of para-hydroxylation sites is 3. The zero-order chi connectivity index (χ0) is 58.2. The second-order valence-corrected chi connectivity index (χ2v) is 18.1. The fourth-order valence-electron chi connectivity index (χ4n) is 9.16. The molecular formula is C64H44N8O10. The summed E-state index contributed by atoms with van der Waals surface area (Å²) in [7, 11) is 0. The van der Waals surface area contributed by atoms with Crippen molar-refractivity contribution in [3.8, 4) is 28.8 Å². The minimum absolute atomic E-state index is 0.225. The number of carboxylic acids is 4. The maximum Gasteiger partial charge on any atom is 0.335 e. The molecule has 0 aliphatic carbocycles. The third-order valence-corrected chi connectivity index (χ3v) is 13.1. The average molecular weight is 1090 g/mol. The van der Waals surface area contributed by atoms with E-state index in [0.717, 1.165) is 60.7 Å². The van der Waals surface area contributed by atoms with Gasteiger partial charge in [0, 0.05) is 63.3 Å². The lowest BCUT2D eigenvalue weighted by molar-refractivity contribution is 0.0686. The van der Waals surface area contributed by atoms with Crippen LogP contribution in [0.2, 0.25) is 0 Å². The van der Waals surface area contributed by atoms with E-state index in [2.05, 4.69) is 10.9 Å². The quantitative estimate of drug-likeness (QED) is 0.0700. The monoisotopic (exact) mass is 1080 g/mol. The van der Waals surface area contributed by atoms with Crippen LogP contribution in [0.25, 0.3) is 71.2 Å². The Morgan fingerprint density at radius 2 is 0.793 bits per heavy atom. The topological polar surface area (TPSA) is 283 Å². The molecule has 0 bridgehead atoms. The molecule has 4 aromatic heterocycles. The first-order valence-electron chi connectivity index (χ1n) is 24.7. The highest BCUT2D eigenvalue weighted by atomic mass is 16.4. The van der Waals surface area contributed by atoms with Gasteiger partial charge >= 0.3 is 23.9 Å². The van der Waals surface area contributed by atoms with Crippen molar-refractivity contribution in [1.82, 2.24) is 18.3 Å². The highest BCUT2D eigenvalue weighted by molar-refractivity contribution is 6.00. The Morgan fingerprint density at radius 3 is 1.22 bits per heavy atom. The SMILES string of the molecule is N#Cc1cccc(-n2ccc3cc(C(=O)O)ccc32)c1.NC(=O)c1cccc(-n2ccc3cc(C(=O)O)ccc32)c1.NC(=O)c1ccccc1-n1ccc2cc(C(=O)O)ccc21.[C-]#[N+]c1ccccc1-n1ccc2cc(C(=O)O)ccc21. The molecule has 82 heavy (non-hydrogen) atoms. The van der Waals surface area contributed by atoms with Gasteiger partial charge in [0.25, 0.3) is 5.91 Å². The van der Waals surface area contributed by atoms with Crippen LogP contribution >= 0.6 is 0 Å². The van der Waals surface area contributed by atoms with Crippen molar-refractivity contribution in [3.63, 3.8) is 0 Å². The predicted octanol–water partition coefficient (Wildman–Crippen LogP) is 11.9. The van der Waals surface area contributed by atoms with Gasteiger partial charge in [0.1, 0.15) is 0 Å². The van der Waals surface area contributed by atoms with E-state index in [-0.39, 0.29) is 22.3 Å². The van der Waals surface area contributed by atoms with Crippen LogP contribution in [0, 0.1) is 17.9 Å². The summed E-state index contributed by atoms with van der Waals surface area (Å²) >= 11 is 0. The number of carbonyl (C=O) groups is 6. The molecule has 12 rings (SSSR count). The molecule has 4 heterocycles. The van der Waals surface area contributed by atoms with Crippen LogP contribution in [0.1, 0.15) is 67.7 Å². The number of rotatable bonds is 10. The van der Waals surface area contributed by atoms with Crippen LogP contribution in [0.3, 0.4) is 0 Å². The summed E-state index contributed by atoms with van der Waals surface area (Å²) in [5.74, 6) is -4.80. The fraction of sp³-hybridized carbons (Fsp3) is 0. The molecular weight excluding hydrogens is 1040 g/mol. The van der Waals surface area contributed by atoms with Crippen molar-refractivity contribution >= 4 is 85.0 Å². The van der Waals surface area contributed by atoms with Crippen molar-refractivity contribution in [2.75, 3.05) is 0 Å². The van der Waals surface area contributed by atoms with E-state index < -0.39 is 35.7 Å². The average Bonchev–Trinajstić information content (AvgIpc) is 4.51. The van der Waals surface area contributed by atoms with Gasteiger partial charge in [-0.2, -0.15) is 5.26 Å². The van der Waals surface area contributed by atoms with E-state index in [1.165, 1.54) is 6.07 Å². The Hall–Kier alpha value is -12.3. The van der Waals surface area contributed by atoms with E-state index in [9.17, 15) is 28.8 Å². The second kappa shape index (κ2) is 23.5. The van der Waals surface area contributed by atoms with Crippen LogP contribution in [-0.4, -0.2) is 74.4 Å². The Bertz CT molecular complexity index is 4610. The summed E-state index contributed by atoms with van der Waals surface area (Å²) in [5.41, 5.74) is 20.3. The molecule has 0 saturated carbocycles. The van der Waals surface area contributed by atoms with E-state index in [1.807, 2.05) is 97.5 Å². The summed E-state index contributed by atoms with van der Waals surface area (Å²) in [5, 5.41) is 48.3. The van der Waals surface area contributed by atoms with Gasteiger partial charge in [-0.3, -0.25) is 9.59 Å². The number of hydrogen-bond acceptors (Lipinski definition) is 7. The maximum absolute atomic E-state index is 11.5. The minimum Gasteiger partial charge on any atom is -0.478 e. The van der Waals surface area contributed by atoms with E-state index in [0.29, 0.717) is 28.1 Å². The van der Waals surface area contributed by atoms with Gasteiger partial charge in [-0.05, 0) is 152 Å². The Balaban J connectivity index is 0.000000132. The van der Waals surface area contributed by atoms with Crippen LogP contribution in [0.15, 0.2) is 219 Å². The Labute approximate surface area is 465 Å². The summed E-state index contributed by atoms with van der Waals surface area (Å²) in [6, 6.07) is 57.8. The van der Waals surface area contributed by atoms with Crippen LogP contribution in [-0.2, 0) is 0 Å². The van der Waals surface area contributed by atoms with Crippen molar-refractivity contribution < 1.29 is 49.2 Å². The highest BCUT2D eigenvalue weighted by Gasteiger charge is 2.15. The number of hydrogen-bond donors (Lipinski definition) is 6. The van der Waals surface area contributed by atoms with Crippen molar-refractivity contribution in [3.05, 3.63) is 269 Å². The van der Waals surface area contributed by atoms with Gasteiger partial charge in [0.05, 0.1) is 79.5 Å². The van der Waals surface area contributed by atoms with Crippen molar-refractivity contribution in [2.24, 2.45) is 11.5 Å². The van der Waals surface area contributed by atoms with Crippen molar-refractivity contribution in [2.45, 2.75) is 0 Å². The summed E-state index contributed by atoms with van der Waals surface area (Å²) in [6.45, 7) is 7.22. The number of nitrogens with two attached hydrogens (primary N) is 2. The van der Waals surface area contributed by atoms with E-state index in [4.69, 9.17) is 43.7 Å². The zero-order valence-corrected chi connectivity index (χ0v) is 42.9. The Kier molecular flexibility index (Phi) is 15.6. The maximum atomic E-state index is 11.5. The normalized spacial score (nSPS) is 10.5. The number of benzene rings is 8. The molecule has 0 saturated heterocycles. The smallest absolute Gasteiger partial charge is 0.335 e. The molecule has 400 valence electrons. The van der Waals surface area contributed by atoms with Crippen LogP contribution in [0.5, 0.6) is 0 Å². The predicted molar refractivity (Wildman–Crippen MR) is 309 cm³/mol. The third-order valence-electron chi connectivity index (χ3n) is 13.1. The van der Waals surface area contributed by atoms with Gasteiger partial charge in [-0.1, -0.05) is 42.5 Å². The third kappa shape index (κ3) is 11.5. The first-order chi connectivity index (χ1) is 39.5. The van der Waals surface area contributed by atoms with E-state index >= 15 is 0 Å². The van der Waals surface area contributed by atoms with Crippen LogP contribution < -0.4 is 11.5 Å². The van der Waals surface area contributed by atoms with Gasteiger partial charge in [-0.25, -0.2) is 24.0 Å². The number of nitriles is 1. The molecule has 18 heteroatoms. The molecule has 0 fully saturated rings. The molecule has 0 unspecified atom stereocenters. The van der Waals surface area contributed by atoms with Gasteiger partial charge in [0.15, 0.2) is 0 Å². The van der Waals surface area contributed by atoms with Gasteiger partial charge in [0.2, 0.25) is 11.6 Å². The van der Waals surface area contributed by atoms with Gasteiger partial charge in [-0.15, -0.1) is 0 Å². The Morgan fingerprint density at radius 1 is 0.402 bits per heavy atom. The lowest BCUT2D eigenvalue weighted by Gasteiger charge is -2.09. The molecule has 0 aliphatic heterocycles. The van der Waals surface area contributed by atoms with Crippen molar-refractivity contribution in [1.29, 1.82) is 5.26 Å². The van der Waals surface area contributed by atoms with Gasteiger partial charge < -0.3 is 50.2 Å². The molecule has 8 N–H and O–H groups in total. The molecule has 0 spiro atoms. The summed E-state index contributed by atoms with van der Waals surface area (Å²) < 4.78 is 7.53. The lowest BCUT2D eigenvalue weighted by atomic mass is 10.1. The minimum atomic E-state index is -0.970. The van der Waals surface area contributed by atoms with Crippen LogP contribution in [0.4, 0.5) is 5.69 Å². The number of fused-ring (bicyclic) bond motifs is 4. The number of carboxylic acid groups (broad SMARTS) is 4. The summed E-state index contributed by atoms with van der Waals surface area (Å²) in [6.07, 6.45) is 7.33. The molecule has 0 atom stereocenters. The number of nitrogens with zero attached hydrogens (tertiary/aromatic N) is 6. The first-order valence-corrected chi connectivity index (χ1v) is 24.7. The second-order valence-electron chi connectivity index (χ2n) is 18.1. The molecule has 18 nitrogen and oxygen atoms in total. The largest absolute Gasteiger partial charge is 0.478 e. The molecule has 0 aliphatic rings. The van der Waals surface area contributed by atoms with E-state index in [1.54, 1.807) is 134 Å². The number of amides is 2. The standard InChI is InChI=1S/2C16H12N2O3.2C16H10N2O2/c17-15(19)11-2-1-3-13(9-11)18-7-6-10-8-12(16(20)21)4-5-14(10)18;17-15(19)12-3-1-2-4-14(12)18-8-7-10-9-11(16(20)21)5-6-13(10)18;1-17-13-4-2-3-5-15(13)18-9-8-11-10-12(16(19)20)6-7-14(11)18;17-10-11-2-1-3-14(8-11)18-7-6-12-9-13(16(19)20)4-5-15(12)18/h2*1-9H,(H2,17,19)(H,20,21);2-10H,(H,19,20);1-9H,(H,19,20). The molecule has 0 radical (unpaired) electrons. The fourth-order valence-corrected chi connectivity index (χ4v) is 9.16. The molecule has 2 amide bonds. The lowest BCUT2D eigenvalue weighted by Crippen LogP contribution is -2.14.